The number of nitrogens with one attached hydrogen (secondary N) is 1. The largest absolute Gasteiger partial charge is 0.481 e. The van der Waals surface area contributed by atoms with Crippen LogP contribution in [0.2, 0.25) is 0 Å². The number of carboxylic acid groups (broad SMARTS) is 2. The van der Waals surface area contributed by atoms with Crippen molar-refractivity contribution in [3.63, 3.8) is 0 Å². The van der Waals surface area contributed by atoms with Gasteiger partial charge in [0.1, 0.15) is 0 Å². The summed E-state index contributed by atoms with van der Waals surface area (Å²) in [6.07, 6.45) is 0.0747. The summed E-state index contributed by atoms with van der Waals surface area (Å²) >= 11 is 0. The normalized spacial score (nSPS) is 20.4. The number of piperazine rings is 1. The first-order chi connectivity index (χ1) is 8.00. The highest BCUT2D eigenvalue weighted by atomic mass is 16.4. The zero-order valence-corrected chi connectivity index (χ0v) is 9.39. The molecule has 1 rings (SSSR count). The van der Waals surface area contributed by atoms with Crippen molar-refractivity contribution in [2.75, 3.05) is 19.6 Å². The maximum atomic E-state index is 11.8. The van der Waals surface area contributed by atoms with Crippen molar-refractivity contribution >= 4 is 17.8 Å². The van der Waals surface area contributed by atoms with Gasteiger partial charge in [-0.1, -0.05) is 0 Å². The molecule has 1 saturated heterocycles. The summed E-state index contributed by atoms with van der Waals surface area (Å²) in [5.74, 6) is -2.10. The van der Waals surface area contributed by atoms with Gasteiger partial charge in [0.15, 0.2) is 0 Å². The highest BCUT2D eigenvalue weighted by Crippen LogP contribution is 2.07. The fourth-order valence-corrected chi connectivity index (χ4v) is 1.74. The molecule has 3 N–H and O–H groups in total. The monoisotopic (exact) mass is 244 g/mol. The Kier molecular flexibility index (Phi) is 4.89. The van der Waals surface area contributed by atoms with Crippen molar-refractivity contribution < 1.29 is 24.6 Å². The van der Waals surface area contributed by atoms with Crippen LogP contribution >= 0.6 is 0 Å². The minimum absolute atomic E-state index is 0.0732. The van der Waals surface area contributed by atoms with E-state index < -0.39 is 18.0 Å². The lowest BCUT2D eigenvalue weighted by Gasteiger charge is -2.32. The molecule has 1 unspecified atom stereocenters. The number of hydrogen-bond donors (Lipinski definition) is 3. The lowest BCUT2D eigenvalue weighted by Crippen LogP contribution is -2.55. The Bertz CT molecular complexity index is 290. The van der Waals surface area contributed by atoms with E-state index in [1.165, 1.54) is 4.90 Å². The van der Waals surface area contributed by atoms with E-state index in [1.807, 2.05) is 0 Å². The van der Waals surface area contributed by atoms with Crippen molar-refractivity contribution in [3.8, 4) is 0 Å². The molecule has 1 aliphatic heterocycles. The molecule has 1 heterocycles. The maximum Gasteiger partial charge on any atom is 0.305 e. The van der Waals surface area contributed by atoms with E-state index in [9.17, 15) is 14.4 Å². The Morgan fingerprint density at radius 1 is 1.29 bits per heavy atom. The smallest absolute Gasteiger partial charge is 0.305 e. The van der Waals surface area contributed by atoms with Crippen LogP contribution in [0.15, 0.2) is 0 Å². The first kappa shape index (κ1) is 13.4. The van der Waals surface area contributed by atoms with E-state index in [0.29, 0.717) is 13.1 Å². The molecule has 7 heteroatoms. The number of carbonyl (C=O) groups excluding carboxylic acids is 1. The predicted molar refractivity (Wildman–Crippen MR) is 57.5 cm³/mol. The molecule has 0 aromatic carbocycles. The van der Waals surface area contributed by atoms with Crippen molar-refractivity contribution in [1.82, 2.24) is 10.2 Å². The van der Waals surface area contributed by atoms with E-state index in [1.54, 1.807) is 0 Å². The van der Waals surface area contributed by atoms with Crippen molar-refractivity contribution in [2.24, 2.45) is 0 Å². The molecule has 7 nitrogen and oxygen atoms in total. The van der Waals surface area contributed by atoms with Crippen molar-refractivity contribution in [2.45, 2.75) is 25.3 Å². The van der Waals surface area contributed by atoms with Crippen LogP contribution in [0.5, 0.6) is 0 Å². The van der Waals surface area contributed by atoms with Crippen LogP contribution in [-0.2, 0) is 14.4 Å². The summed E-state index contributed by atoms with van der Waals surface area (Å²) in [7, 11) is 0. The first-order valence-corrected chi connectivity index (χ1v) is 5.46. The summed E-state index contributed by atoms with van der Waals surface area (Å²) in [5.41, 5.74) is 0. The zero-order chi connectivity index (χ0) is 12.8. The average molecular weight is 244 g/mol. The number of amides is 1. The lowest BCUT2D eigenvalue weighted by molar-refractivity contribution is -0.140. The Hall–Kier alpha value is -1.63. The van der Waals surface area contributed by atoms with Gasteiger partial charge in [-0.15, -0.1) is 0 Å². The third-order valence-electron chi connectivity index (χ3n) is 2.62. The number of aliphatic carboxylic acids is 2. The third kappa shape index (κ3) is 4.39. The average Bonchev–Trinajstić information content (AvgIpc) is 2.25. The van der Waals surface area contributed by atoms with Gasteiger partial charge in [0.05, 0.1) is 12.5 Å². The van der Waals surface area contributed by atoms with Crippen LogP contribution < -0.4 is 5.32 Å². The fraction of sp³-hybridized carbons (Fsp3) is 0.700. The SMILES string of the molecule is O=C(O)CCC1NCCN(CCC(=O)O)C1=O. The second-order valence-electron chi connectivity index (χ2n) is 3.91. The number of carbonyl (C=O) groups is 3. The standard InChI is InChI=1S/C10H16N2O5/c13-8(14)2-1-7-10(17)12(6-4-11-7)5-3-9(15)16/h7,11H,1-6H2,(H,13,14)(H,15,16). The molecule has 0 spiro atoms. The minimum Gasteiger partial charge on any atom is -0.481 e. The third-order valence-corrected chi connectivity index (χ3v) is 2.62. The van der Waals surface area contributed by atoms with Crippen LogP contribution in [0.3, 0.4) is 0 Å². The summed E-state index contributed by atoms with van der Waals surface area (Å²) in [6, 6.07) is -0.506. The molecule has 1 aliphatic rings. The molecule has 0 aliphatic carbocycles. The highest BCUT2D eigenvalue weighted by molar-refractivity contribution is 5.83. The van der Waals surface area contributed by atoms with Crippen molar-refractivity contribution in [1.29, 1.82) is 0 Å². The summed E-state index contributed by atoms with van der Waals surface area (Å²) in [6.45, 7) is 1.21. The minimum atomic E-state index is -0.946. The van der Waals surface area contributed by atoms with Gasteiger partial charge in [-0.3, -0.25) is 14.4 Å². The molecule has 0 bridgehead atoms. The van der Waals surface area contributed by atoms with E-state index in [2.05, 4.69) is 5.32 Å². The number of carboxylic acids is 2. The summed E-state index contributed by atoms with van der Waals surface area (Å²) in [4.78, 5) is 34.1. The highest BCUT2D eigenvalue weighted by Gasteiger charge is 2.28. The van der Waals surface area contributed by atoms with Gasteiger partial charge in [0.25, 0.3) is 0 Å². The topological polar surface area (TPSA) is 107 Å². The van der Waals surface area contributed by atoms with Crippen LogP contribution in [0.4, 0.5) is 0 Å². The number of nitrogens with zero attached hydrogens (tertiary/aromatic N) is 1. The number of hydrogen-bond acceptors (Lipinski definition) is 4. The van der Waals surface area contributed by atoms with Gasteiger partial charge in [0.2, 0.25) is 5.91 Å². The molecule has 96 valence electrons. The van der Waals surface area contributed by atoms with E-state index in [4.69, 9.17) is 10.2 Å². The Balaban J connectivity index is 2.44. The van der Waals surface area contributed by atoms with Crippen LogP contribution in [0.1, 0.15) is 19.3 Å². The van der Waals surface area contributed by atoms with E-state index >= 15 is 0 Å². The van der Waals surface area contributed by atoms with E-state index in [0.717, 1.165) is 0 Å². The molecule has 0 aromatic rings. The fourth-order valence-electron chi connectivity index (χ4n) is 1.74. The molecular weight excluding hydrogens is 228 g/mol. The first-order valence-electron chi connectivity index (χ1n) is 5.46. The lowest BCUT2D eigenvalue weighted by atomic mass is 10.1. The maximum absolute atomic E-state index is 11.8. The zero-order valence-electron chi connectivity index (χ0n) is 9.39. The van der Waals surface area contributed by atoms with Crippen LogP contribution in [-0.4, -0.2) is 58.6 Å². The quantitative estimate of drug-likeness (QED) is 0.560. The second-order valence-corrected chi connectivity index (χ2v) is 3.91. The molecule has 1 atom stereocenters. The Labute approximate surface area is 98.4 Å². The Morgan fingerprint density at radius 3 is 2.53 bits per heavy atom. The second kappa shape index (κ2) is 6.19. The molecule has 1 amide bonds. The van der Waals surface area contributed by atoms with Gasteiger partial charge in [-0.05, 0) is 6.42 Å². The molecular formula is C10H16N2O5. The Morgan fingerprint density at radius 2 is 1.94 bits per heavy atom. The van der Waals surface area contributed by atoms with Gasteiger partial charge < -0.3 is 20.4 Å². The van der Waals surface area contributed by atoms with Crippen LogP contribution in [0.25, 0.3) is 0 Å². The van der Waals surface area contributed by atoms with Gasteiger partial charge in [0, 0.05) is 26.1 Å². The molecule has 1 fully saturated rings. The summed E-state index contributed by atoms with van der Waals surface area (Å²) < 4.78 is 0. The van der Waals surface area contributed by atoms with Crippen LogP contribution in [0, 0.1) is 0 Å². The van der Waals surface area contributed by atoms with Gasteiger partial charge in [-0.25, -0.2) is 0 Å². The molecule has 0 radical (unpaired) electrons. The summed E-state index contributed by atoms with van der Waals surface area (Å²) in [5, 5.41) is 20.0. The van der Waals surface area contributed by atoms with Gasteiger partial charge >= 0.3 is 11.9 Å². The molecule has 0 saturated carbocycles. The predicted octanol–water partition coefficient (Wildman–Crippen LogP) is -0.874. The molecule has 0 aromatic heterocycles. The number of rotatable bonds is 6. The molecule has 17 heavy (non-hydrogen) atoms. The van der Waals surface area contributed by atoms with Crippen molar-refractivity contribution in [3.05, 3.63) is 0 Å². The van der Waals surface area contributed by atoms with Gasteiger partial charge in [-0.2, -0.15) is 0 Å². The van der Waals surface area contributed by atoms with E-state index in [-0.39, 0.29) is 31.7 Å².